The zero-order valence-corrected chi connectivity index (χ0v) is 16.2. The van der Waals surface area contributed by atoms with E-state index >= 15 is 0 Å². The van der Waals surface area contributed by atoms with Gasteiger partial charge < -0.3 is 10.2 Å². The van der Waals surface area contributed by atoms with Crippen molar-refractivity contribution in [2.45, 2.75) is 58.0 Å². The molecule has 0 bridgehead atoms. The van der Waals surface area contributed by atoms with Crippen LogP contribution in [0.4, 0.5) is 5.69 Å². The van der Waals surface area contributed by atoms with Gasteiger partial charge in [-0.15, -0.1) is 0 Å². The highest BCUT2D eigenvalue weighted by Crippen LogP contribution is 2.27. The highest BCUT2D eigenvalue weighted by Gasteiger charge is 2.30. The van der Waals surface area contributed by atoms with E-state index in [2.05, 4.69) is 19.2 Å². The van der Waals surface area contributed by atoms with Gasteiger partial charge in [-0.1, -0.05) is 42.5 Å². The van der Waals surface area contributed by atoms with Gasteiger partial charge in [0.25, 0.3) is 5.91 Å². The number of aryl methyl sites for hydroxylation is 1. The number of amides is 2. The average Bonchev–Trinajstić information content (AvgIpc) is 2.67. The number of nitrogens with one attached hydrogen (secondary N) is 1. The Bertz CT molecular complexity index is 778. The lowest BCUT2D eigenvalue weighted by Crippen LogP contribution is -2.47. The van der Waals surface area contributed by atoms with Crippen LogP contribution in [0, 0.1) is 0 Å². The molecule has 1 fully saturated rings. The van der Waals surface area contributed by atoms with Crippen LogP contribution in [0.15, 0.2) is 54.6 Å². The van der Waals surface area contributed by atoms with Crippen molar-refractivity contribution in [1.82, 2.24) is 4.90 Å². The maximum atomic E-state index is 13.2. The fourth-order valence-corrected chi connectivity index (χ4v) is 3.85. The number of anilines is 1. The normalized spacial score (nSPS) is 19.6. The summed E-state index contributed by atoms with van der Waals surface area (Å²) in [7, 11) is 0. The fourth-order valence-electron chi connectivity index (χ4n) is 3.85. The molecule has 4 nitrogen and oxygen atoms in total. The van der Waals surface area contributed by atoms with Crippen LogP contribution in [0.2, 0.25) is 0 Å². The average molecular weight is 364 g/mol. The van der Waals surface area contributed by atoms with Gasteiger partial charge in [0.1, 0.15) is 0 Å². The summed E-state index contributed by atoms with van der Waals surface area (Å²) in [4.78, 5) is 27.6. The lowest BCUT2D eigenvalue weighted by molar-refractivity contribution is -0.116. The fraction of sp³-hybridized carbons (Fsp3) is 0.391. The van der Waals surface area contributed by atoms with Crippen molar-refractivity contribution >= 4 is 17.5 Å². The zero-order valence-electron chi connectivity index (χ0n) is 16.2. The van der Waals surface area contributed by atoms with Crippen LogP contribution >= 0.6 is 0 Å². The maximum Gasteiger partial charge on any atom is 0.256 e. The summed E-state index contributed by atoms with van der Waals surface area (Å²) >= 11 is 0. The Balaban J connectivity index is 1.70. The lowest BCUT2D eigenvalue weighted by atomic mass is 9.96. The van der Waals surface area contributed by atoms with Crippen LogP contribution in [0.1, 0.15) is 55.5 Å². The largest absolute Gasteiger partial charge is 0.333 e. The van der Waals surface area contributed by atoms with Crippen molar-refractivity contribution in [2.75, 3.05) is 5.32 Å². The monoisotopic (exact) mass is 364 g/mol. The number of likely N-dealkylation sites (tertiary alicyclic amines) is 1. The Morgan fingerprint density at radius 3 is 2.30 bits per heavy atom. The smallest absolute Gasteiger partial charge is 0.256 e. The van der Waals surface area contributed by atoms with E-state index in [4.69, 9.17) is 0 Å². The standard InChI is InChI=1S/C23H28N2O2/c1-17-9-8-10-18(2)25(17)23(27)20-13-6-7-14-21(20)24-22(26)16-15-19-11-4-3-5-12-19/h3-7,11-14,17-18H,8-10,15-16H2,1-2H3,(H,24,26)/t17-,18-/m1/s1. The van der Waals surface area contributed by atoms with Gasteiger partial charge in [-0.25, -0.2) is 0 Å². The number of para-hydroxylation sites is 1. The second-order valence-corrected chi connectivity index (χ2v) is 7.42. The molecule has 1 N–H and O–H groups in total. The number of carbonyl (C=O) groups is 2. The van der Waals surface area contributed by atoms with Crippen LogP contribution in [0.3, 0.4) is 0 Å². The quantitative estimate of drug-likeness (QED) is 0.839. The second-order valence-electron chi connectivity index (χ2n) is 7.42. The molecule has 0 radical (unpaired) electrons. The molecular weight excluding hydrogens is 336 g/mol. The summed E-state index contributed by atoms with van der Waals surface area (Å²) < 4.78 is 0. The minimum absolute atomic E-state index is 0.00802. The predicted octanol–water partition coefficient (Wildman–Crippen LogP) is 4.66. The molecule has 0 aromatic heterocycles. The van der Waals surface area contributed by atoms with Crippen LogP contribution in [-0.4, -0.2) is 28.8 Å². The van der Waals surface area contributed by atoms with Gasteiger partial charge in [-0.05, 0) is 57.2 Å². The highest BCUT2D eigenvalue weighted by molar-refractivity contribution is 6.04. The first-order chi connectivity index (χ1) is 13.1. The van der Waals surface area contributed by atoms with Gasteiger partial charge in [0.15, 0.2) is 0 Å². The molecule has 1 heterocycles. The Labute approximate surface area is 161 Å². The van der Waals surface area contributed by atoms with Crippen molar-refractivity contribution in [3.05, 3.63) is 65.7 Å². The van der Waals surface area contributed by atoms with Crippen molar-refractivity contribution in [2.24, 2.45) is 0 Å². The van der Waals surface area contributed by atoms with E-state index in [1.807, 2.05) is 59.5 Å². The van der Waals surface area contributed by atoms with E-state index in [0.717, 1.165) is 24.8 Å². The minimum atomic E-state index is -0.0705. The number of hydrogen-bond donors (Lipinski definition) is 1. The van der Waals surface area contributed by atoms with E-state index in [1.54, 1.807) is 0 Å². The van der Waals surface area contributed by atoms with Gasteiger partial charge in [-0.3, -0.25) is 9.59 Å². The van der Waals surface area contributed by atoms with E-state index in [9.17, 15) is 9.59 Å². The molecule has 0 spiro atoms. The first-order valence-electron chi connectivity index (χ1n) is 9.81. The summed E-state index contributed by atoms with van der Waals surface area (Å²) in [6.45, 7) is 4.21. The van der Waals surface area contributed by atoms with Gasteiger partial charge in [0, 0.05) is 18.5 Å². The number of nitrogens with zero attached hydrogens (tertiary/aromatic N) is 1. The van der Waals surface area contributed by atoms with Crippen molar-refractivity contribution in [1.29, 1.82) is 0 Å². The van der Waals surface area contributed by atoms with Gasteiger partial charge in [0.05, 0.1) is 11.3 Å². The van der Waals surface area contributed by atoms with Crippen LogP contribution < -0.4 is 5.32 Å². The van der Waals surface area contributed by atoms with Crippen molar-refractivity contribution in [3.8, 4) is 0 Å². The van der Waals surface area contributed by atoms with E-state index in [-0.39, 0.29) is 23.9 Å². The van der Waals surface area contributed by atoms with Crippen molar-refractivity contribution < 1.29 is 9.59 Å². The molecule has 1 aliphatic rings. The number of hydrogen-bond acceptors (Lipinski definition) is 2. The second kappa shape index (κ2) is 8.85. The topological polar surface area (TPSA) is 49.4 Å². The molecule has 0 aliphatic carbocycles. The molecule has 1 aliphatic heterocycles. The van der Waals surface area contributed by atoms with Gasteiger partial charge in [0.2, 0.25) is 5.91 Å². The summed E-state index contributed by atoms with van der Waals surface area (Å²) in [5.41, 5.74) is 2.31. The van der Waals surface area contributed by atoms with Crippen LogP contribution in [0.25, 0.3) is 0 Å². The molecular formula is C23H28N2O2. The first kappa shape index (κ1) is 19.2. The van der Waals surface area contributed by atoms with E-state index < -0.39 is 0 Å². The summed E-state index contributed by atoms with van der Waals surface area (Å²) in [6, 6.07) is 17.7. The summed E-state index contributed by atoms with van der Waals surface area (Å²) in [6.07, 6.45) is 4.29. The van der Waals surface area contributed by atoms with Gasteiger partial charge >= 0.3 is 0 Å². The number of benzene rings is 2. The minimum Gasteiger partial charge on any atom is -0.333 e. The van der Waals surface area contributed by atoms with Gasteiger partial charge in [-0.2, -0.15) is 0 Å². The molecule has 4 heteroatoms. The van der Waals surface area contributed by atoms with E-state index in [1.165, 1.54) is 0 Å². The van der Waals surface area contributed by atoms with E-state index in [0.29, 0.717) is 24.1 Å². The number of piperidine rings is 1. The van der Waals surface area contributed by atoms with Crippen LogP contribution in [-0.2, 0) is 11.2 Å². The molecule has 142 valence electrons. The number of carbonyl (C=O) groups excluding carboxylic acids is 2. The number of rotatable bonds is 5. The summed E-state index contributed by atoms with van der Waals surface area (Å²) in [5, 5.41) is 2.94. The molecule has 2 amide bonds. The molecule has 3 rings (SSSR count). The Hall–Kier alpha value is -2.62. The third-order valence-corrected chi connectivity index (χ3v) is 5.34. The molecule has 0 saturated carbocycles. The molecule has 2 aromatic rings. The lowest BCUT2D eigenvalue weighted by Gasteiger charge is -2.39. The SMILES string of the molecule is C[C@@H]1CCC[C@@H](C)N1C(=O)c1ccccc1NC(=O)CCc1ccccc1. The third-order valence-electron chi connectivity index (χ3n) is 5.34. The zero-order chi connectivity index (χ0) is 19.2. The predicted molar refractivity (Wildman–Crippen MR) is 109 cm³/mol. The van der Waals surface area contributed by atoms with Crippen molar-refractivity contribution in [3.63, 3.8) is 0 Å². The molecule has 1 saturated heterocycles. The third kappa shape index (κ3) is 4.76. The first-order valence-corrected chi connectivity index (χ1v) is 9.81. The Kier molecular flexibility index (Phi) is 6.28. The molecule has 2 aromatic carbocycles. The summed E-state index contributed by atoms with van der Waals surface area (Å²) in [5.74, 6) is -0.0625. The molecule has 0 unspecified atom stereocenters. The van der Waals surface area contributed by atoms with Crippen LogP contribution in [0.5, 0.6) is 0 Å². The Morgan fingerprint density at radius 2 is 1.59 bits per heavy atom. The highest BCUT2D eigenvalue weighted by atomic mass is 16.2. The molecule has 27 heavy (non-hydrogen) atoms. The molecule has 2 atom stereocenters. The maximum absolute atomic E-state index is 13.2. The Morgan fingerprint density at radius 1 is 0.963 bits per heavy atom.